The summed E-state index contributed by atoms with van der Waals surface area (Å²) in [7, 11) is 0. The van der Waals surface area contributed by atoms with E-state index in [1.54, 1.807) is 11.3 Å². The summed E-state index contributed by atoms with van der Waals surface area (Å²) >= 11 is 7.48. The molecule has 1 N–H and O–H groups in total. The predicted octanol–water partition coefficient (Wildman–Crippen LogP) is 5.54. The maximum Gasteiger partial charge on any atom is 0.0841 e. The molecule has 3 rings (SSSR count). The van der Waals surface area contributed by atoms with E-state index in [-0.39, 0.29) is 0 Å². The molecule has 0 saturated carbocycles. The maximum atomic E-state index is 10.5. The van der Waals surface area contributed by atoms with Crippen molar-refractivity contribution in [1.82, 2.24) is 0 Å². The Morgan fingerprint density at radius 3 is 2.85 bits per heavy atom. The van der Waals surface area contributed by atoms with Gasteiger partial charge >= 0.3 is 0 Å². The molecule has 2 aromatic carbocycles. The van der Waals surface area contributed by atoms with Crippen molar-refractivity contribution in [2.75, 3.05) is 0 Å². The van der Waals surface area contributed by atoms with Gasteiger partial charge in [-0.3, -0.25) is 0 Å². The first kappa shape index (κ1) is 14.5. The van der Waals surface area contributed by atoms with E-state index in [1.165, 1.54) is 15.6 Å². The molecule has 20 heavy (non-hydrogen) atoms. The molecule has 0 spiro atoms. The highest BCUT2D eigenvalue weighted by atomic mass is 127. The van der Waals surface area contributed by atoms with Crippen LogP contribution in [0.4, 0.5) is 0 Å². The second-order valence-electron chi connectivity index (χ2n) is 4.64. The number of aliphatic hydroxyl groups excluding tert-OH is 1. The SMILES string of the molecule is OC(Cc1csc2ccccc12)c1cc(Br)ccc1I. The number of hydrogen-bond donors (Lipinski definition) is 1. The van der Waals surface area contributed by atoms with Crippen LogP contribution >= 0.6 is 49.9 Å². The van der Waals surface area contributed by atoms with Gasteiger partial charge in [0.05, 0.1) is 6.10 Å². The Kier molecular flexibility index (Phi) is 4.45. The van der Waals surface area contributed by atoms with Crippen LogP contribution in [0.1, 0.15) is 17.2 Å². The van der Waals surface area contributed by atoms with Crippen LogP contribution in [-0.2, 0) is 6.42 Å². The lowest BCUT2D eigenvalue weighted by Crippen LogP contribution is -2.03. The Morgan fingerprint density at radius 2 is 2.00 bits per heavy atom. The van der Waals surface area contributed by atoms with E-state index in [0.29, 0.717) is 6.42 Å². The Bertz CT molecular complexity index is 753. The lowest BCUT2D eigenvalue weighted by Gasteiger charge is -2.13. The van der Waals surface area contributed by atoms with E-state index in [0.717, 1.165) is 13.6 Å². The van der Waals surface area contributed by atoms with E-state index in [2.05, 4.69) is 62.1 Å². The summed E-state index contributed by atoms with van der Waals surface area (Å²) in [6, 6.07) is 14.4. The van der Waals surface area contributed by atoms with E-state index in [1.807, 2.05) is 24.3 Å². The summed E-state index contributed by atoms with van der Waals surface area (Å²) < 4.78 is 3.37. The Balaban J connectivity index is 1.92. The lowest BCUT2D eigenvalue weighted by atomic mass is 10.0. The minimum atomic E-state index is -0.475. The first-order valence-corrected chi connectivity index (χ1v) is 8.98. The van der Waals surface area contributed by atoms with Gasteiger partial charge in [0.15, 0.2) is 0 Å². The topological polar surface area (TPSA) is 20.2 Å². The molecule has 1 atom stereocenters. The van der Waals surface area contributed by atoms with Gasteiger partial charge in [-0.15, -0.1) is 11.3 Å². The van der Waals surface area contributed by atoms with Gasteiger partial charge in [0.1, 0.15) is 0 Å². The van der Waals surface area contributed by atoms with Crippen molar-refractivity contribution >= 4 is 59.9 Å². The van der Waals surface area contributed by atoms with Gasteiger partial charge in [0, 0.05) is 19.2 Å². The Labute approximate surface area is 143 Å². The summed E-state index contributed by atoms with van der Waals surface area (Å²) in [5.74, 6) is 0. The van der Waals surface area contributed by atoms with Crippen molar-refractivity contribution in [3.05, 3.63) is 67.0 Å². The van der Waals surface area contributed by atoms with Crippen LogP contribution in [0.15, 0.2) is 52.3 Å². The van der Waals surface area contributed by atoms with E-state index in [9.17, 15) is 5.11 Å². The molecule has 1 aromatic heterocycles. The van der Waals surface area contributed by atoms with Crippen LogP contribution < -0.4 is 0 Å². The number of fused-ring (bicyclic) bond motifs is 1. The minimum Gasteiger partial charge on any atom is -0.388 e. The zero-order chi connectivity index (χ0) is 14.1. The fraction of sp³-hybridized carbons (Fsp3) is 0.125. The van der Waals surface area contributed by atoms with E-state index >= 15 is 0 Å². The third-order valence-corrected chi connectivity index (χ3v) is 5.78. The molecule has 1 unspecified atom stereocenters. The number of hydrogen-bond acceptors (Lipinski definition) is 2. The van der Waals surface area contributed by atoms with Gasteiger partial charge < -0.3 is 5.11 Å². The van der Waals surface area contributed by atoms with Gasteiger partial charge in [-0.05, 0) is 68.7 Å². The molecule has 4 heteroatoms. The lowest BCUT2D eigenvalue weighted by molar-refractivity contribution is 0.178. The van der Waals surface area contributed by atoms with E-state index < -0.39 is 6.10 Å². The number of rotatable bonds is 3. The number of thiophene rings is 1. The summed E-state index contributed by atoms with van der Waals surface area (Å²) in [4.78, 5) is 0. The molecule has 1 nitrogen and oxygen atoms in total. The maximum absolute atomic E-state index is 10.5. The second kappa shape index (κ2) is 6.13. The molecular weight excluding hydrogens is 447 g/mol. The van der Waals surface area contributed by atoms with Crippen LogP contribution in [0.2, 0.25) is 0 Å². The van der Waals surface area contributed by atoms with Crippen LogP contribution in [0.3, 0.4) is 0 Å². The quantitative estimate of drug-likeness (QED) is 0.510. The van der Waals surface area contributed by atoms with Crippen LogP contribution in [-0.4, -0.2) is 5.11 Å². The molecule has 0 aliphatic rings. The Hall–Kier alpha value is -0.430. The monoisotopic (exact) mass is 458 g/mol. The fourth-order valence-electron chi connectivity index (χ4n) is 2.28. The van der Waals surface area contributed by atoms with Gasteiger partial charge in [0.25, 0.3) is 0 Å². The van der Waals surface area contributed by atoms with Crippen molar-refractivity contribution in [2.24, 2.45) is 0 Å². The fourth-order valence-corrected chi connectivity index (χ4v) is 4.33. The van der Waals surface area contributed by atoms with Crippen LogP contribution in [0.5, 0.6) is 0 Å². The average Bonchev–Trinajstić information content (AvgIpc) is 2.85. The van der Waals surface area contributed by atoms with Gasteiger partial charge in [-0.25, -0.2) is 0 Å². The highest BCUT2D eigenvalue weighted by Crippen LogP contribution is 2.31. The van der Waals surface area contributed by atoms with Gasteiger partial charge in [-0.1, -0.05) is 34.1 Å². The minimum absolute atomic E-state index is 0.475. The molecule has 1 heterocycles. The number of benzene rings is 2. The highest BCUT2D eigenvalue weighted by Gasteiger charge is 2.14. The standard InChI is InChI=1S/C16H12BrIOS/c17-11-5-6-14(18)13(8-11)15(19)7-10-9-20-16-4-2-1-3-12(10)16/h1-6,8-9,15,19H,7H2. The predicted molar refractivity (Wildman–Crippen MR) is 97.3 cm³/mol. The molecule has 0 aliphatic carbocycles. The van der Waals surface area contributed by atoms with Crippen molar-refractivity contribution in [2.45, 2.75) is 12.5 Å². The number of aliphatic hydroxyl groups is 1. The van der Waals surface area contributed by atoms with Crippen molar-refractivity contribution in [1.29, 1.82) is 0 Å². The molecule has 3 aromatic rings. The molecule has 0 bridgehead atoms. The third-order valence-electron chi connectivity index (χ3n) is 3.29. The van der Waals surface area contributed by atoms with Crippen molar-refractivity contribution < 1.29 is 5.11 Å². The van der Waals surface area contributed by atoms with Crippen molar-refractivity contribution in [3.8, 4) is 0 Å². The first-order valence-electron chi connectivity index (χ1n) is 6.23. The largest absolute Gasteiger partial charge is 0.388 e. The van der Waals surface area contributed by atoms with Crippen LogP contribution in [0, 0.1) is 3.57 Å². The zero-order valence-electron chi connectivity index (χ0n) is 10.5. The molecule has 0 amide bonds. The normalized spacial score (nSPS) is 12.8. The van der Waals surface area contributed by atoms with Crippen LogP contribution in [0.25, 0.3) is 10.1 Å². The molecule has 0 aliphatic heterocycles. The second-order valence-corrected chi connectivity index (χ2v) is 7.63. The molecule has 0 radical (unpaired) electrons. The third kappa shape index (κ3) is 2.93. The van der Waals surface area contributed by atoms with Crippen molar-refractivity contribution in [3.63, 3.8) is 0 Å². The first-order chi connectivity index (χ1) is 9.65. The summed E-state index contributed by atoms with van der Waals surface area (Å²) in [6.45, 7) is 0. The smallest absolute Gasteiger partial charge is 0.0841 e. The molecule has 0 fully saturated rings. The van der Waals surface area contributed by atoms with E-state index in [4.69, 9.17) is 0 Å². The summed E-state index contributed by atoms with van der Waals surface area (Å²) in [5.41, 5.74) is 2.20. The Morgan fingerprint density at radius 1 is 1.20 bits per heavy atom. The highest BCUT2D eigenvalue weighted by molar-refractivity contribution is 14.1. The average molecular weight is 459 g/mol. The zero-order valence-corrected chi connectivity index (χ0v) is 15.1. The summed E-state index contributed by atoms with van der Waals surface area (Å²) in [6.07, 6.45) is 0.175. The van der Waals surface area contributed by atoms with Gasteiger partial charge in [0.2, 0.25) is 0 Å². The summed E-state index contributed by atoms with van der Waals surface area (Å²) in [5, 5.41) is 13.9. The van der Waals surface area contributed by atoms with Gasteiger partial charge in [-0.2, -0.15) is 0 Å². The number of halogens is 2. The molecule has 102 valence electrons. The molecular formula is C16H12BrIOS. The molecule has 0 saturated heterocycles.